The first-order chi connectivity index (χ1) is 16.6. The number of nitrogens with zero attached hydrogens (tertiary/aromatic N) is 1. The van der Waals surface area contributed by atoms with Crippen molar-refractivity contribution in [1.82, 2.24) is 15.0 Å². The number of pyridine rings is 1. The Morgan fingerprint density at radius 3 is 2.71 bits per heavy atom. The van der Waals surface area contributed by atoms with Gasteiger partial charge in [-0.3, -0.25) is 10.1 Å². The summed E-state index contributed by atoms with van der Waals surface area (Å²) in [6, 6.07) is 16.2. The first-order valence-corrected chi connectivity index (χ1v) is 10.7. The zero-order valence-corrected chi connectivity index (χ0v) is 18.5. The van der Waals surface area contributed by atoms with E-state index in [0.717, 1.165) is 5.56 Å². The third-order valence-electron chi connectivity index (χ3n) is 5.14. The predicted octanol–water partition coefficient (Wildman–Crippen LogP) is 3.26. The molecule has 5 N–H and O–H groups in total. The highest BCUT2D eigenvalue weighted by molar-refractivity contribution is 5.98. The number of nitrogens with one attached hydrogen (secondary N) is 4. The zero-order valence-electron chi connectivity index (χ0n) is 18.5. The van der Waals surface area contributed by atoms with Gasteiger partial charge in [-0.2, -0.15) is 0 Å². The van der Waals surface area contributed by atoms with E-state index in [1.807, 2.05) is 30.3 Å². The molecule has 4 rings (SSSR count). The van der Waals surface area contributed by atoms with Gasteiger partial charge in [0.25, 0.3) is 5.56 Å². The van der Waals surface area contributed by atoms with Crippen LogP contribution in [0.5, 0.6) is 0 Å². The molecule has 0 saturated heterocycles. The third-order valence-corrected chi connectivity index (χ3v) is 5.14. The van der Waals surface area contributed by atoms with Crippen molar-refractivity contribution < 1.29 is 19.4 Å². The molecule has 0 spiro atoms. The number of benzene rings is 2. The number of imidazole rings is 1. The van der Waals surface area contributed by atoms with E-state index in [0.29, 0.717) is 28.2 Å². The monoisotopic (exact) mass is 463 g/mol. The van der Waals surface area contributed by atoms with Crippen LogP contribution in [0.4, 0.5) is 16.2 Å². The fourth-order valence-electron chi connectivity index (χ4n) is 3.48. The molecule has 34 heavy (non-hydrogen) atoms. The first-order valence-electron chi connectivity index (χ1n) is 10.7. The van der Waals surface area contributed by atoms with E-state index in [4.69, 9.17) is 9.47 Å². The van der Waals surface area contributed by atoms with E-state index in [9.17, 15) is 14.7 Å². The van der Waals surface area contributed by atoms with Crippen LogP contribution in [0.1, 0.15) is 11.7 Å². The molecule has 10 nitrogen and oxygen atoms in total. The lowest BCUT2D eigenvalue weighted by atomic mass is 10.1. The summed E-state index contributed by atoms with van der Waals surface area (Å²) in [7, 11) is 1.52. The van der Waals surface area contributed by atoms with E-state index in [2.05, 4.69) is 25.6 Å². The van der Waals surface area contributed by atoms with Gasteiger partial charge in [0.15, 0.2) is 0 Å². The fourth-order valence-corrected chi connectivity index (χ4v) is 3.48. The Kier molecular flexibility index (Phi) is 7.21. The smallest absolute Gasteiger partial charge is 0.411 e. The number of methoxy groups -OCH3 is 1. The SMILES string of the molecule is COCCOC(=O)Nc1cccc2nc(-c3c(NC[C@@H](O)c4ccccc4)cc[nH]c3=O)[nH]c12. The molecule has 4 aromatic rings. The number of aromatic nitrogens is 3. The van der Waals surface area contributed by atoms with E-state index in [1.165, 1.54) is 13.3 Å². The quantitative estimate of drug-likeness (QED) is 0.240. The van der Waals surface area contributed by atoms with Crippen LogP contribution in [-0.2, 0) is 9.47 Å². The standard InChI is InChI=1S/C24H25N5O5/c1-33-12-13-34-24(32)28-18-9-5-8-17-21(18)29-22(27-17)20-16(10-11-25-23(20)31)26-14-19(30)15-6-3-2-4-7-15/h2-11,19,30H,12-14H2,1H3,(H,27,29)(H,28,32)(H2,25,26,31)/t19-/m1/s1. The van der Waals surface area contributed by atoms with Crippen LogP contribution in [0.15, 0.2) is 65.6 Å². The number of carbonyl (C=O) groups is 1. The van der Waals surface area contributed by atoms with Crippen molar-refractivity contribution in [3.05, 3.63) is 76.7 Å². The van der Waals surface area contributed by atoms with E-state index >= 15 is 0 Å². The van der Waals surface area contributed by atoms with Gasteiger partial charge in [-0.25, -0.2) is 9.78 Å². The van der Waals surface area contributed by atoms with Crippen LogP contribution in [0.3, 0.4) is 0 Å². The molecule has 2 aromatic carbocycles. The number of H-pyrrole nitrogens is 2. The Balaban J connectivity index is 1.59. The van der Waals surface area contributed by atoms with E-state index in [1.54, 1.807) is 24.3 Å². The maximum atomic E-state index is 12.7. The number of fused-ring (bicyclic) bond motifs is 1. The van der Waals surface area contributed by atoms with Crippen molar-refractivity contribution >= 4 is 28.5 Å². The van der Waals surface area contributed by atoms with Crippen molar-refractivity contribution in [2.75, 3.05) is 37.5 Å². The Morgan fingerprint density at radius 1 is 1.09 bits per heavy atom. The van der Waals surface area contributed by atoms with Gasteiger partial charge >= 0.3 is 6.09 Å². The first kappa shape index (κ1) is 23.0. The molecule has 0 aliphatic rings. The highest BCUT2D eigenvalue weighted by Crippen LogP contribution is 2.28. The summed E-state index contributed by atoms with van der Waals surface area (Å²) in [6.45, 7) is 0.605. The van der Waals surface area contributed by atoms with Gasteiger partial charge in [-0.1, -0.05) is 36.4 Å². The van der Waals surface area contributed by atoms with Crippen LogP contribution in [0.25, 0.3) is 22.4 Å². The Bertz CT molecular complexity index is 1320. The molecule has 0 aliphatic carbocycles. The molecular weight excluding hydrogens is 438 g/mol. The molecule has 0 fully saturated rings. The predicted molar refractivity (Wildman–Crippen MR) is 129 cm³/mol. The van der Waals surface area contributed by atoms with Gasteiger partial charge in [0.1, 0.15) is 18.0 Å². The number of rotatable bonds is 9. The number of ether oxygens (including phenoxy) is 2. The molecule has 0 saturated carbocycles. The molecular formula is C24H25N5O5. The van der Waals surface area contributed by atoms with E-state index < -0.39 is 12.2 Å². The molecule has 176 valence electrons. The van der Waals surface area contributed by atoms with Gasteiger partial charge in [0.05, 0.1) is 35.1 Å². The van der Waals surface area contributed by atoms with Gasteiger partial charge in [-0.15, -0.1) is 0 Å². The average molecular weight is 463 g/mol. The number of hydrogen-bond donors (Lipinski definition) is 5. The number of para-hydroxylation sites is 1. The van der Waals surface area contributed by atoms with Gasteiger partial charge in [-0.05, 0) is 23.8 Å². The lowest BCUT2D eigenvalue weighted by Gasteiger charge is -2.14. The fraction of sp³-hybridized carbons (Fsp3) is 0.208. The second-order valence-corrected chi connectivity index (χ2v) is 7.44. The van der Waals surface area contributed by atoms with Crippen molar-refractivity contribution in [2.24, 2.45) is 0 Å². The summed E-state index contributed by atoms with van der Waals surface area (Å²) >= 11 is 0. The summed E-state index contributed by atoms with van der Waals surface area (Å²) in [4.78, 5) is 35.1. The van der Waals surface area contributed by atoms with Crippen molar-refractivity contribution in [2.45, 2.75) is 6.10 Å². The van der Waals surface area contributed by atoms with Gasteiger partial charge < -0.3 is 29.9 Å². The molecule has 2 aromatic heterocycles. The minimum absolute atomic E-state index is 0.121. The Labute approximate surface area is 195 Å². The molecule has 1 atom stereocenters. The number of aromatic amines is 2. The Hall–Kier alpha value is -4.15. The van der Waals surface area contributed by atoms with Crippen molar-refractivity contribution in [3.8, 4) is 11.4 Å². The highest BCUT2D eigenvalue weighted by Gasteiger charge is 2.17. The van der Waals surface area contributed by atoms with Crippen molar-refractivity contribution in [1.29, 1.82) is 0 Å². The maximum Gasteiger partial charge on any atom is 0.411 e. The molecule has 0 radical (unpaired) electrons. The molecule has 2 heterocycles. The van der Waals surface area contributed by atoms with Crippen LogP contribution >= 0.6 is 0 Å². The minimum atomic E-state index is -0.760. The summed E-state index contributed by atoms with van der Waals surface area (Å²) in [5, 5.41) is 16.3. The Morgan fingerprint density at radius 2 is 1.91 bits per heavy atom. The zero-order chi connectivity index (χ0) is 23.9. The van der Waals surface area contributed by atoms with Crippen LogP contribution in [0, 0.1) is 0 Å². The number of amides is 1. The largest absolute Gasteiger partial charge is 0.447 e. The highest BCUT2D eigenvalue weighted by atomic mass is 16.6. The van der Waals surface area contributed by atoms with Crippen LogP contribution < -0.4 is 16.2 Å². The van der Waals surface area contributed by atoms with E-state index in [-0.39, 0.29) is 30.9 Å². The normalized spacial score (nSPS) is 11.8. The molecule has 1 amide bonds. The summed E-state index contributed by atoms with van der Waals surface area (Å²) in [5.41, 5.74) is 2.76. The van der Waals surface area contributed by atoms with Gasteiger partial charge in [0.2, 0.25) is 0 Å². The maximum absolute atomic E-state index is 12.7. The number of aliphatic hydroxyl groups is 1. The summed E-state index contributed by atoms with van der Waals surface area (Å²) in [6.07, 6.45) is 0.133. The summed E-state index contributed by atoms with van der Waals surface area (Å²) in [5.74, 6) is 0.315. The number of aliphatic hydroxyl groups excluding tert-OH is 1. The molecule has 0 bridgehead atoms. The second kappa shape index (κ2) is 10.6. The lowest BCUT2D eigenvalue weighted by molar-refractivity contribution is 0.107. The molecule has 0 aliphatic heterocycles. The number of anilines is 2. The summed E-state index contributed by atoms with van der Waals surface area (Å²) < 4.78 is 9.93. The van der Waals surface area contributed by atoms with Gasteiger partial charge in [0, 0.05) is 19.9 Å². The average Bonchev–Trinajstić information content (AvgIpc) is 3.28. The number of hydrogen-bond acceptors (Lipinski definition) is 7. The topological polar surface area (TPSA) is 141 Å². The number of carbonyl (C=O) groups excluding carboxylic acids is 1. The molecule has 10 heteroatoms. The van der Waals surface area contributed by atoms with Crippen molar-refractivity contribution in [3.63, 3.8) is 0 Å². The van der Waals surface area contributed by atoms with Crippen LogP contribution in [-0.4, -0.2) is 53.0 Å². The minimum Gasteiger partial charge on any atom is -0.447 e. The van der Waals surface area contributed by atoms with Crippen LogP contribution in [0.2, 0.25) is 0 Å². The molecule has 0 unspecified atom stereocenters. The lowest BCUT2D eigenvalue weighted by Crippen LogP contribution is -2.17. The third kappa shape index (κ3) is 5.25. The second-order valence-electron chi connectivity index (χ2n) is 7.44.